The van der Waals surface area contributed by atoms with Gasteiger partial charge in [0.15, 0.2) is 6.29 Å². The van der Waals surface area contributed by atoms with Gasteiger partial charge in [0.1, 0.15) is 0 Å². The van der Waals surface area contributed by atoms with Gasteiger partial charge in [-0.2, -0.15) is 0 Å². The van der Waals surface area contributed by atoms with Crippen molar-refractivity contribution in [3.8, 4) is 0 Å². The Morgan fingerprint density at radius 1 is 1.00 bits per heavy atom. The lowest BCUT2D eigenvalue weighted by atomic mass is 9.75. The highest BCUT2D eigenvalue weighted by Crippen LogP contribution is 2.35. The average molecular weight is 366 g/mol. The summed E-state index contributed by atoms with van der Waals surface area (Å²) in [6.07, 6.45) is 2.54. The Labute approximate surface area is 163 Å². The van der Waals surface area contributed by atoms with E-state index >= 15 is 0 Å². The molecule has 0 radical (unpaired) electrons. The Hall–Kier alpha value is -2.42. The molecule has 0 N–H and O–H groups in total. The smallest absolute Gasteiger partial charge is 0.254 e. The second-order valence-electron chi connectivity index (χ2n) is 8.89. The zero-order valence-corrected chi connectivity index (χ0v) is 17.4. The molecule has 0 aliphatic carbocycles. The molecule has 0 spiro atoms. The fourth-order valence-corrected chi connectivity index (χ4v) is 3.86. The number of carbonyl (C=O) groups excluding carboxylic acids is 2. The summed E-state index contributed by atoms with van der Waals surface area (Å²) in [6, 6.07) is 15.6. The first-order chi connectivity index (χ1) is 12.6. The number of rotatable bonds is 7. The van der Waals surface area contributed by atoms with Gasteiger partial charge in [0.2, 0.25) is 0 Å². The van der Waals surface area contributed by atoms with Crippen LogP contribution in [0.15, 0.2) is 48.5 Å². The predicted molar refractivity (Wildman–Crippen MR) is 111 cm³/mol. The van der Waals surface area contributed by atoms with E-state index in [-0.39, 0.29) is 16.9 Å². The number of amides is 1. The number of carbonyl (C=O) groups is 2. The van der Waals surface area contributed by atoms with E-state index in [1.54, 1.807) is 29.2 Å². The van der Waals surface area contributed by atoms with Gasteiger partial charge in [0, 0.05) is 18.2 Å². The van der Waals surface area contributed by atoms with E-state index in [2.05, 4.69) is 58.9 Å². The lowest BCUT2D eigenvalue weighted by molar-refractivity contribution is 0.0522. The molecule has 0 unspecified atom stereocenters. The number of aryl methyl sites for hydroxylation is 1. The molecule has 2 aromatic rings. The molecule has 0 aromatic heterocycles. The van der Waals surface area contributed by atoms with Gasteiger partial charge in [-0.25, -0.2) is 0 Å². The van der Waals surface area contributed by atoms with E-state index < -0.39 is 0 Å². The standard InChI is InChI=1S/C24H31NO2/c1-18-11-13-19(14-12-18)15-23(2,3)17-24(4,5)25(6)22(27)21-10-8-7-9-20(21)16-26/h7-14,16H,15,17H2,1-6H3. The van der Waals surface area contributed by atoms with Crippen LogP contribution in [0.5, 0.6) is 0 Å². The Morgan fingerprint density at radius 2 is 1.59 bits per heavy atom. The zero-order chi connectivity index (χ0) is 20.2. The molecular weight excluding hydrogens is 334 g/mol. The van der Waals surface area contributed by atoms with Crippen molar-refractivity contribution < 1.29 is 9.59 Å². The highest BCUT2D eigenvalue weighted by molar-refractivity contribution is 6.01. The summed E-state index contributed by atoms with van der Waals surface area (Å²) in [6.45, 7) is 10.8. The van der Waals surface area contributed by atoms with Crippen LogP contribution in [0.2, 0.25) is 0 Å². The van der Waals surface area contributed by atoms with Crippen molar-refractivity contribution in [1.29, 1.82) is 0 Å². The lowest BCUT2D eigenvalue weighted by Gasteiger charge is -2.41. The zero-order valence-electron chi connectivity index (χ0n) is 17.4. The highest BCUT2D eigenvalue weighted by atomic mass is 16.2. The van der Waals surface area contributed by atoms with Crippen LogP contribution in [-0.4, -0.2) is 29.7 Å². The van der Waals surface area contributed by atoms with Gasteiger partial charge < -0.3 is 4.90 Å². The van der Waals surface area contributed by atoms with Crippen LogP contribution in [-0.2, 0) is 6.42 Å². The van der Waals surface area contributed by atoms with Gasteiger partial charge in [-0.1, -0.05) is 61.9 Å². The van der Waals surface area contributed by atoms with Gasteiger partial charge in [0.25, 0.3) is 5.91 Å². The molecule has 3 heteroatoms. The summed E-state index contributed by atoms with van der Waals surface area (Å²) in [7, 11) is 1.83. The maximum atomic E-state index is 13.0. The van der Waals surface area contributed by atoms with E-state index in [9.17, 15) is 9.59 Å². The quantitative estimate of drug-likeness (QED) is 0.623. The molecule has 0 fully saturated rings. The summed E-state index contributed by atoms with van der Waals surface area (Å²) < 4.78 is 0. The Bertz CT molecular complexity index is 803. The highest BCUT2D eigenvalue weighted by Gasteiger charge is 2.35. The molecule has 0 bridgehead atoms. The molecular formula is C24H31NO2. The van der Waals surface area contributed by atoms with Crippen molar-refractivity contribution in [2.75, 3.05) is 7.05 Å². The predicted octanol–water partition coefficient (Wildman–Crippen LogP) is 5.32. The van der Waals surface area contributed by atoms with Crippen molar-refractivity contribution in [3.05, 3.63) is 70.8 Å². The first kappa shape index (κ1) is 20.9. The Morgan fingerprint density at radius 3 is 2.19 bits per heavy atom. The number of hydrogen-bond donors (Lipinski definition) is 0. The molecule has 0 aliphatic heterocycles. The SMILES string of the molecule is Cc1ccc(CC(C)(C)CC(C)(C)N(C)C(=O)c2ccccc2C=O)cc1. The molecule has 1 amide bonds. The minimum Gasteiger partial charge on any atom is -0.337 e. The van der Waals surface area contributed by atoms with Crippen LogP contribution >= 0.6 is 0 Å². The van der Waals surface area contributed by atoms with E-state index in [1.165, 1.54) is 11.1 Å². The first-order valence-electron chi connectivity index (χ1n) is 9.44. The third-order valence-electron chi connectivity index (χ3n) is 5.25. The average Bonchev–Trinajstić information content (AvgIpc) is 2.61. The van der Waals surface area contributed by atoms with Crippen LogP contribution in [0.25, 0.3) is 0 Å². The van der Waals surface area contributed by atoms with Gasteiger partial charge in [0.05, 0.1) is 5.56 Å². The van der Waals surface area contributed by atoms with Crippen LogP contribution in [0, 0.1) is 12.3 Å². The summed E-state index contributed by atoms with van der Waals surface area (Å²) in [5.74, 6) is -0.117. The van der Waals surface area contributed by atoms with E-state index in [4.69, 9.17) is 0 Å². The van der Waals surface area contributed by atoms with Crippen LogP contribution in [0.4, 0.5) is 0 Å². The number of benzene rings is 2. The number of hydrogen-bond acceptors (Lipinski definition) is 2. The van der Waals surface area contributed by atoms with Gasteiger partial charge in [-0.15, -0.1) is 0 Å². The fraction of sp³-hybridized carbons (Fsp3) is 0.417. The van der Waals surface area contributed by atoms with Crippen LogP contribution in [0.3, 0.4) is 0 Å². The summed E-state index contributed by atoms with van der Waals surface area (Å²) >= 11 is 0. The maximum Gasteiger partial charge on any atom is 0.254 e. The van der Waals surface area contributed by atoms with Gasteiger partial charge in [-0.3, -0.25) is 9.59 Å². The summed E-state index contributed by atoms with van der Waals surface area (Å²) in [5.41, 5.74) is 3.14. The number of nitrogens with zero attached hydrogens (tertiary/aromatic N) is 1. The lowest BCUT2D eigenvalue weighted by Crippen LogP contribution is -2.48. The monoisotopic (exact) mass is 365 g/mol. The second kappa shape index (κ2) is 8.08. The number of aldehydes is 1. The molecule has 3 nitrogen and oxygen atoms in total. The largest absolute Gasteiger partial charge is 0.337 e. The van der Waals surface area contributed by atoms with Crippen molar-refractivity contribution in [2.45, 2.75) is 53.0 Å². The maximum absolute atomic E-state index is 13.0. The Kier molecular flexibility index (Phi) is 6.25. The molecule has 27 heavy (non-hydrogen) atoms. The molecule has 0 atom stereocenters. The van der Waals surface area contributed by atoms with Crippen molar-refractivity contribution in [1.82, 2.24) is 4.90 Å². The Balaban J connectivity index is 2.16. The first-order valence-corrected chi connectivity index (χ1v) is 9.44. The second-order valence-corrected chi connectivity index (χ2v) is 8.89. The van der Waals surface area contributed by atoms with E-state index in [1.807, 2.05) is 7.05 Å². The molecule has 0 saturated carbocycles. The minimum absolute atomic E-state index is 0.0253. The molecule has 2 aromatic carbocycles. The van der Waals surface area contributed by atoms with E-state index in [0.29, 0.717) is 11.1 Å². The molecule has 144 valence electrons. The van der Waals surface area contributed by atoms with Gasteiger partial charge in [-0.05, 0) is 50.7 Å². The normalized spacial score (nSPS) is 11.9. The summed E-state index contributed by atoms with van der Waals surface area (Å²) in [5, 5.41) is 0. The van der Waals surface area contributed by atoms with E-state index in [0.717, 1.165) is 19.1 Å². The van der Waals surface area contributed by atoms with Crippen molar-refractivity contribution in [2.24, 2.45) is 5.41 Å². The minimum atomic E-state index is -0.346. The topological polar surface area (TPSA) is 37.4 Å². The van der Waals surface area contributed by atoms with Crippen LogP contribution in [0.1, 0.15) is 66.0 Å². The molecule has 0 aliphatic rings. The molecule has 2 rings (SSSR count). The van der Waals surface area contributed by atoms with Crippen molar-refractivity contribution in [3.63, 3.8) is 0 Å². The summed E-state index contributed by atoms with van der Waals surface area (Å²) in [4.78, 5) is 26.1. The van der Waals surface area contributed by atoms with Gasteiger partial charge >= 0.3 is 0 Å². The molecule has 0 heterocycles. The van der Waals surface area contributed by atoms with Crippen LogP contribution < -0.4 is 0 Å². The fourth-order valence-electron chi connectivity index (χ4n) is 3.86. The molecule has 0 saturated heterocycles. The van der Waals surface area contributed by atoms with Crippen molar-refractivity contribution >= 4 is 12.2 Å². The third-order valence-corrected chi connectivity index (χ3v) is 5.25. The third kappa shape index (κ3) is 5.29.